The van der Waals surface area contributed by atoms with Crippen LogP contribution in [0.4, 0.5) is 18.9 Å². The number of nitrogens with one attached hydrogen (secondary N) is 1. The summed E-state index contributed by atoms with van der Waals surface area (Å²) in [6.45, 7) is 2.33. The molecule has 1 unspecified atom stereocenters. The van der Waals surface area contributed by atoms with E-state index in [1.54, 1.807) is 14.8 Å². The molecule has 2 N–H and O–H groups in total. The lowest BCUT2D eigenvalue weighted by Crippen LogP contribution is -2.52. The van der Waals surface area contributed by atoms with Gasteiger partial charge >= 0.3 is 0 Å². The molecule has 2 aliphatic rings. The molecule has 0 aliphatic carbocycles. The van der Waals surface area contributed by atoms with Crippen molar-refractivity contribution in [1.29, 1.82) is 0 Å². The maximum atomic E-state index is 14.4. The van der Waals surface area contributed by atoms with Crippen LogP contribution in [0.1, 0.15) is 38.2 Å². The van der Waals surface area contributed by atoms with Gasteiger partial charge in [-0.25, -0.2) is 13.2 Å². The van der Waals surface area contributed by atoms with Gasteiger partial charge in [-0.2, -0.15) is 0 Å². The van der Waals surface area contributed by atoms with Crippen molar-refractivity contribution in [3.05, 3.63) is 70.7 Å². The van der Waals surface area contributed by atoms with Crippen molar-refractivity contribution in [3.63, 3.8) is 0 Å². The van der Waals surface area contributed by atoms with Crippen LogP contribution in [0, 0.1) is 17.5 Å². The van der Waals surface area contributed by atoms with E-state index in [2.05, 4.69) is 5.32 Å². The quantitative estimate of drug-likeness (QED) is 0.533. The van der Waals surface area contributed by atoms with Crippen LogP contribution in [-0.2, 0) is 16.0 Å². The van der Waals surface area contributed by atoms with Crippen molar-refractivity contribution in [2.45, 2.75) is 50.6 Å². The van der Waals surface area contributed by atoms with E-state index in [-0.39, 0.29) is 41.5 Å². The highest BCUT2D eigenvalue weighted by Gasteiger charge is 2.48. The predicted octanol–water partition coefficient (Wildman–Crippen LogP) is 2.94. The number of ketones is 1. The molecule has 2 aromatic carbocycles. The number of hydrogen-bond donors (Lipinski definition) is 2. The number of amides is 1. The number of fused-ring (bicyclic) bond motifs is 1. The summed E-state index contributed by atoms with van der Waals surface area (Å²) in [5, 5.41) is 13.8. The maximum absolute atomic E-state index is 14.4. The molecule has 1 fully saturated rings. The highest BCUT2D eigenvalue weighted by Crippen LogP contribution is 2.41. The second kappa shape index (κ2) is 9.29. The Morgan fingerprint density at radius 3 is 2.74 bits per heavy atom. The summed E-state index contributed by atoms with van der Waals surface area (Å²) in [7, 11) is 1.59. The number of hydrogen-bond acceptors (Lipinski definition) is 4. The Morgan fingerprint density at radius 1 is 1.24 bits per heavy atom. The first-order chi connectivity index (χ1) is 16.1. The van der Waals surface area contributed by atoms with Crippen molar-refractivity contribution < 1.29 is 27.9 Å². The fraction of sp³-hybridized carbons (Fsp3) is 0.360. The van der Waals surface area contributed by atoms with Gasteiger partial charge in [0.15, 0.2) is 17.4 Å². The van der Waals surface area contributed by atoms with Gasteiger partial charge in [0.05, 0.1) is 5.54 Å². The Balaban J connectivity index is 1.67. The van der Waals surface area contributed by atoms with Crippen molar-refractivity contribution >= 4 is 30.7 Å². The van der Waals surface area contributed by atoms with Crippen LogP contribution in [-0.4, -0.2) is 47.7 Å². The van der Waals surface area contributed by atoms with Crippen LogP contribution >= 0.6 is 0 Å². The first kappa shape index (κ1) is 24.1. The average molecular weight is 470 g/mol. The van der Waals surface area contributed by atoms with Crippen LogP contribution in [0.3, 0.4) is 0 Å². The monoisotopic (exact) mass is 470 g/mol. The Labute approximate surface area is 197 Å². The molecule has 1 saturated heterocycles. The van der Waals surface area contributed by atoms with Gasteiger partial charge in [0, 0.05) is 18.2 Å². The van der Waals surface area contributed by atoms with Gasteiger partial charge in [-0.3, -0.25) is 14.5 Å². The minimum absolute atomic E-state index is 0.0523. The number of halogens is 3. The summed E-state index contributed by atoms with van der Waals surface area (Å²) in [5.41, 5.74) is -0.565. The normalized spacial score (nSPS) is 25.5. The topological polar surface area (TPSA) is 69.6 Å². The number of rotatable bonds is 4. The van der Waals surface area contributed by atoms with Gasteiger partial charge in [-0.15, -0.1) is 0 Å². The molecular weight excluding hydrogens is 444 g/mol. The zero-order valence-corrected chi connectivity index (χ0v) is 19.1. The number of anilines is 1. The van der Waals surface area contributed by atoms with Crippen molar-refractivity contribution in [1.82, 2.24) is 4.90 Å². The van der Waals surface area contributed by atoms with Crippen LogP contribution in [0.5, 0.6) is 0 Å². The summed E-state index contributed by atoms with van der Waals surface area (Å²) in [5.74, 6) is -4.03. The molecule has 0 bridgehead atoms. The number of nitrogens with zero attached hydrogens (tertiary/aromatic N) is 1. The third-order valence-electron chi connectivity index (χ3n) is 7.01. The molecule has 0 spiro atoms. The van der Waals surface area contributed by atoms with Gasteiger partial charge in [-0.05, 0) is 62.9 Å². The lowest BCUT2D eigenvalue weighted by atomic mass is 9.84. The van der Waals surface area contributed by atoms with E-state index in [9.17, 15) is 27.9 Å². The predicted molar refractivity (Wildman–Crippen MR) is 125 cm³/mol. The molecule has 2 atom stereocenters. The lowest BCUT2D eigenvalue weighted by Gasteiger charge is -2.42. The SMILES string of the molecule is Bc1ccc(NC(=O)/C2=C(\O)[C@@]3(C)CCCN3C(Cc3cccc(F)c3F)CCC2=O)cc1F. The minimum atomic E-state index is -1.02. The molecule has 9 heteroatoms. The molecule has 0 radical (unpaired) electrons. The second-order valence-corrected chi connectivity index (χ2v) is 9.25. The number of Topliss-reactive ketones (excluding diaryl/α,β-unsaturated/α-hetero) is 1. The number of aliphatic hydroxyl groups is 1. The van der Waals surface area contributed by atoms with Gasteiger partial charge < -0.3 is 10.4 Å². The Kier molecular flexibility index (Phi) is 6.58. The van der Waals surface area contributed by atoms with Crippen LogP contribution in [0.25, 0.3) is 0 Å². The van der Waals surface area contributed by atoms with Crippen LogP contribution in [0.15, 0.2) is 47.7 Å². The molecule has 2 aromatic rings. The Bertz CT molecular complexity index is 1190. The van der Waals surface area contributed by atoms with Gasteiger partial charge in [0.25, 0.3) is 5.91 Å². The molecule has 0 saturated carbocycles. The molecule has 4 rings (SSSR count). The van der Waals surface area contributed by atoms with Gasteiger partial charge in [0.2, 0.25) is 0 Å². The Hall–Kier alpha value is -3.07. The van der Waals surface area contributed by atoms with Gasteiger partial charge in [-0.1, -0.05) is 23.7 Å². The minimum Gasteiger partial charge on any atom is -0.509 e. The van der Waals surface area contributed by atoms with E-state index in [4.69, 9.17) is 0 Å². The first-order valence-electron chi connectivity index (χ1n) is 11.4. The third kappa shape index (κ3) is 4.36. The van der Waals surface area contributed by atoms with E-state index >= 15 is 0 Å². The summed E-state index contributed by atoms with van der Waals surface area (Å²) >= 11 is 0. The number of aliphatic hydroxyl groups excluding tert-OH is 1. The molecule has 2 heterocycles. The Morgan fingerprint density at radius 2 is 2.00 bits per heavy atom. The fourth-order valence-electron chi connectivity index (χ4n) is 5.07. The molecule has 5 nitrogen and oxygen atoms in total. The van der Waals surface area contributed by atoms with E-state index < -0.39 is 34.7 Å². The van der Waals surface area contributed by atoms with Gasteiger partial charge in [0.1, 0.15) is 25.0 Å². The number of carbonyl (C=O) groups excluding carboxylic acids is 2. The van der Waals surface area contributed by atoms with Crippen LogP contribution in [0.2, 0.25) is 0 Å². The third-order valence-corrected chi connectivity index (χ3v) is 7.01. The zero-order valence-electron chi connectivity index (χ0n) is 19.1. The highest BCUT2D eigenvalue weighted by molar-refractivity contribution is 6.32. The zero-order chi connectivity index (χ0) is 24.6. The average Bonchev–Trinajstić information content (AvgIpc) is 3.18. The molecule has 1 amide bonds. The molecule has 178 valence electrons. The smallest absolute Gasteiger partial charge is 0.262 e. The van der Waals surface area contributed by atoms with Crippen molar-refractivity contribution in [3.8, 4) is 0 Å². The summed E-state index contributed by atoms with van der Waals surface area (Å²) in [6, 6.07) is 7.88. The molecule has 34 heavy (non-hydrogen) atoms. The summed E-state index contributed by atoms with van der Waals surface area (Å²) in [4.78, 5) is 28.1. The molecule has 2 aliphatic heterocycles. The summed E-state index contributed by atoms with van der Waals surface area (Å²) in [6.07, 6.45) is 1.62. The standard InChI is InChI=1S/C25H26BF3N2O3/c1-25-10-3-11-31(25)16(12-14-4-2-5-18(27)22(14)29)7-9-20(32)21(23(25)33)24(34)30-15-6-8-17(26)19(28)13-15/h2,4-6,8,13,16,33H,3,7,9-12,26H2,1H3,(H,30,34)/b23-21-/t16?,25-/m1/s1. The first-order valence-corrected chi connectivity index (χ1v) is 11.4. The van der Waals surface area contributed by atoms with E-state index in [1.165, 1.54) is 24.3 Å². The largest absolute Gasteiger partial charge is 0.509 e. The van der Waals surface area contributed by atoms with E-state index in [0.717, 1.165) is 12.1 Å². The van der Waals surface area contributed by atoms with Crippen LogP contribution < -0.4 is 10.8 Å². The number of carbonyl (C=O) groups is 2. The fourth-order valence-corrected chi connectivity index (χ4v) is 5.07. The van der Waals surface area contributed by atoms with E-state index in [1.807, 2.05) is 4.90 Å². The summed E-state index contributed by atoms with van der Waals surface area (Å²) < 4.78 is 42.0. The molecular formula is C25H26BF3N2O3. The maximum Gasteiger partial charge on any atom is 0.262 e. The van der Waals surface area contributed by atoms with Crippen molar-refractivity contribution in [2.24, 2.45) is 0 Å². The second-order valence-electron chi connectivity index (χ2n) is 9.25. The highest BCUT2D eigenvalue weighted by atomic mass is 19.2. The van der Waals surface area contributed by atoms with E-state index in [0.29, 0.717) is 31.3 Å². The lowest BCUT2D eigenvalue weighted by molar-refractivity contribution is -0.121. The van der Waals surface area contributed by atoms with Crippen molar-refractivity contribution in [2.75, 3.05) is 11.9 Å². The number of benzene rings is 2. The molecule has 0 aromatic heterocycles.